The molecular weight excluding hydrogens is 278 g/mol. The van der Waals surface area contributed by atoms with Crippen LogP contribution in [0.15, 0.2) is 30.3 Å². The van der Waals surface area contributed by atoms with Gasteiger partial charge < -0.3 is 14.7 Å². The number of rotatable bonds is 6. The fraction of sp³-hybridized carbons (Fsp3) is 0.611. The lowest BCUT2D eigenvalue weighted by molar-refractivity contribution is -0.858. The summed E-state index contributed by atoms with van der Waals surface area (Å²) >= 11 is 0. The van der Waals surface area contributed by atoms with Crippen LogP contribution in [0.25, 0.3) is 0 Å². The topological polar surface area (TPSA) is 51.0 Å². The smallest absolute Gasteiger partial charge is 0.343 e. The molecule has 0 saturated heterocycles. The van der Waals surface area contributed by atoms with Gasteiger partial charge in [-0.15, -0.1) is 0 Å². The second-order valence-electron chi connectivity index (χ2n) is 6.56. The Morgan fingerprint density at radius 1 is 1.23 bits per heavy atom. The number of hydrogen-bond donors (Lipinski definition) is 2. The zero-order valence-corrected chi connectivity index (χ0v) is 13.7. The highest BCUT2D eigenvalue weighted by Gasteiger charge is 2.47. The molecule has 22 heavy (non-hydrogen) atoms. The maximum Gasteiger partial charge on any atom is 0.343 e. The van der Waals surface area contributed by atoms with E-state index in [4.69, 9.17) is 4.74 Å². The van der Waals surface area contributed by atoms with E-state index in [1.54, 1.807) is 0 Å². The van der Waals surface area contributed by atoms with Crippen LogP contribution < -0.4 is 4.90 Å². The lowest BCUT2D eigenvalue weighted by Crippen LogP contribution is -3.06. The summed E-state index contributed by atoms with van der Waals surface area (Å²) in [6.45, 7) is 1.07. The first-order chi connectivity index (χ1) is 10.5. The second kappa shape index (κ2) is 7.75. The van der Waals surface area contributed by atoms with Gasteiger partial charge in [-0.3, -0.25) is 0 Å². The second-order valence-corrected chi connectivity index (χ2v) is 6.56. The molecule has 1 atom stereocenters. The van der Waals surface area contributed by atoms with Crippen LogP contribution >= 0.6 is 0 Å². The predicted octanol–water partition coefficient (Wildman–Crippen LogP) is 1.14. The number of esters is 1. The first kappa shape index (κ1) is 17.0. The van der Waals surface area contributed by atoms with Gasteiger partial charge in [0.1, 0.15) is 13.2 Å². The Morgan fingerprint density at radius 3 is 2.45 bits per heavy atom. The zero-order valence-electron chi connectivity index (χ0n) is 13.7. The molecule has 1 aromatic carbocycles. The van der Waals surface area contributed by atoms with Crippen molar-refractivity contribution in [1.29, 1.82) is 0 Å². The minimum atomic E-state index is -1.51. The summed E-state index contributed by atoms with van der Waals surface area (Å²) < 4.78 is 5.42. The Hall–Kier alpha value is -1.39. The number of carbonyl (C=O) groups excluding carboxylic acids is 1. The average Bonchev–Trinajstić information content (AvgIpc) is 2.55. The van der Waals surface area contributed by atoms with Crippen molar-refractivity contribution in [3.8, 4) is 0 Å². The largest absolute Gasteiger partial charge is 0.457 e. The molecule has 0 aromatic heterocycles. The molecule has 1 aliphatic rings. The van der Waals surface area contributed by atoms with Gasteiger partial charge in [-0.1, -0.05) is 49.6 Å². The summed E-state index contributed by atoms with van der Waals surface area (Å²) in [5.74, 6) is -0.547. The maximum atomic E-state index is 12.7. The molecule has 1 aliphatic carbocycles. The van der Waals surface area contributed by atoms with Crippen molar-refractivity contribution in [3.05, 3.63) is 35.9 Å². The van der Waals surface area contributed by atoms with Crippen LogP contribution in [-0.2, 0) is 15.1 Å². The number of quaternary nitrogens is 1. The third-order valence-corrected chi connectivity index (χ3v) is 4.56. The predicted molar refractivity (Wildman–Crippen MR) is 85.6 cm³/mol. The summed E-state index contributed by atoms with van der Waals surface area (Å²) in [5, 5.41) is 11.3. The van der Waals surface area contributed by atoms with Crippen molar-refractivity contribution in [2.75, 3.05) is 27.2 Å². The van der Waals surface area contributed by atoms with Crippen LogP contribution in [0.2, 0.25) is 0 Å². The average molecular weight is 306 g/mol. The van der Waals surface area contributed by atoms with E-state index in [2.05, 4.69) is 0 Å². The Kier molecular flexibility index (Phi) is 5.98. The quantitative estimate of drug-likeness (QED) is 0.775. The molecule has 4 heteroatoms. The van der Waals surface area contributed by atoms with Gasteiger partial charge in [-0.2, -0.15) is 0 Å². The van der Waals surface area contributed by atoms with Crippen molar-refractivity contribution in [1.82, 2.24) is 0 Å². The molecule has 4 nitrogen and oxygen atoms in total. The van der Waals surface area contributed by atoms with Gasteiger partial charge >= 0.3 is 5.97 Å². The Bertz CT molecular complexity index is 468. The first-order valence-electron chi connectivity index (χ1n) is 8.29. The molecule has 122 valence electrons. The molecule has 2 rings (SSSR count). The highest BCUT2D eigenvalue weighted by atomic mass is 16.5. The van der Waals surface area contributed by atoms with Crippen LogP contribution in [0, 0.1) is 5.92 Å². The van der Waals surface area contributed by atoms with E-state index in [0.29, 0.717) is 12.2 Å². The standard InChI is InChI=1S/C18H27NO3/c1-19(2)13-14-22-17(20)18(21,15-9-5-3-6-10-15)16-11-7-4-8-12-16/h3,5-6,9-10,16,21H,4,7-8,11-14H2,1-2H3/p+1. The lowest BCUT2D eigenvalue weighted by Gasteiger charge is -2.36. The summed E-state index contributed by atoms with van der Waals surface area (Å²) in [6.07, 6.45) is 5.06. The van der Waals surface area contributed by atoms with Crippen LogP contribution in [0.3, 0.4) is 0 Å². The molecule has 0 aliphatic heterocycles. The molecule has 0 heterocycles. The Morgan fingerprint density at radius 2 is 1.86 bits per heavy atom. The SMILES string of the molecule is C[NH+](C)CCOC(=O)C(O)(c1ccccc1)C1CCCCC1. The summed E-state index contributed by atoms with van der Waals surface area (Å²) in [5.41, 5.74) is -0.854. The van der Waals surface area contributed by atoms with E-state index in [1.165, 1.54) is 11.3 Å². The minimum absolute atomic E-state index is 0.0529. The normalized spacial score (nSPS) is 18.9. The molecular formula is C18H28NO3+. The molecule has 0 bridgehead atoms. The zero-order chi connectivity index (χ0) is 16.0. The molecule has 1 aromatic rings. The van der Waals surface area contributed by atoms with Gasteiger partial charge in [0.15, 0.2) is 5.60 Å². The van der Waals surface area contributed by atoms with E-state index in [9.17, 15) is 9.90 Å². The van der Waals surface area contributed by atoms with Crippen molar-refractivity contribution in [3.63, 3.8) is 0 Å². The molecule has 0 spiro atoms. The molecule has 0 amide bonds. The third kappa shape index (κ3) is 3.87. The molecule has 2 N–H and O–H groups in total. The fourth-order valence-electron chi connectivity index (χ4n) is 3.19. The Labute approximate surface area is 133 Å². The number of aliphatic hydroxyl groups is 1. The summed E-state index contributed by atoms with van der Waals surface area (Å²) in [4.78, 5) is 13.9. The minimum Gasteiger partial charge on any atom is -0.457 e. The Balaban J connectivity index is 2.19. The van der Waals surface area contributed by atoms with Crippen LogP contribution in [0.5, 0.6) is 0 Å². The summed E-state index contributed by atoms with van der Waals surface area (Å²) in [6, 6.07) is 9.27. The van der Waals surface area contributed by atoms with Gasteiger partial charge in [0, 0.05) is 5.92 Å². The monoisotopic (exact) mass is 306 g/mol. The van der Waals surface area contributed by atoms with Crippen molar-refractivity contribution < 1.29 is 19.5 Å². The maximum absolute atomic E-state index is 12.7. The number of likely N-dealkylation sites (N-methyl/N-ethyl adjacent to an activating group) is 1. The lowest BCUT2D eigenvalue weighted by atomic mass is 9.73. The number of ether oxygens (including phenoxy) is 1. The van der Waals surface area contributed by atoms with Crippen LogP contribution in [-0.4, -0.2) is 38.3 Å². The first-order valence-corrected chi connectivity index (χ1v) is 8.29. The van der Waals surface area contributed by atoms with Crippen LogP contribution in [0.1, 0.15) is 37.7 Å². The highest BCUT2D eigenvalue weighted by Crippen LogP contribution is 2.40. The van der Waals surface area contributed by atoms with E-state index in [1.807, 2.05) is 44.4 Å². The van der Waals surface area contributed by atoms with Gasteiger partial charge in [-0.05, 0) is 18.4 Å². The van der Waals surface area contributed by atoms with Gasteiger partial charge in [0.2, 0.25) is 0 Å². The molecule has 1 fully saturated rings. The van der Waals surface area contributed by atoms with E-state index >= 15 is 0 Å². The number of benzene rings is 1. The summed E-state index contributed by atoms with van der Waals surface area (Å²) in [7, 11) is 4.02. The van der Waals surface area contributed by atoms with Crippen molar-refractivity contribution in [2.45, 2.75) is 37.7 Å². The molecule has 1 saturated carbocycles. The highest BCUT2D eigenvalue weighted by molar-refractivity contribution is 5.81. The van der Waals surface area contributed by atoms with Crippen molar-refractivity contribution in [2.24, 2.45) is 5.92 Å². The molecule has 0 radical (unpaired) electrons. The van der Waals surface area contributed by atoms with Gasteiger partial charge in [-0.25, -0.2) is 4.79 Å². The fourth-order valence-corrected chi connectivity index (χ4v) is 3.19. The van der Waals surface area contributed by atoms with Crippen molar-refractivity contribution >= 4 is 5.97 Å². The van der Waals surface area contributed by atoms with Crippen LogP contribution in [0.4, 0.5) is 0 Å². The van der Waals surface area contributed by atoms with E-state index in [0.717, 1.165) is 32.2 Å². The number of carbonyl (C=O) groups is 1. The van der Waals surface area contributed by atoms with E-state index < -0.39 is 11.6 Å². The molecule has 1 unspecified atom stereocenters. The number of hydrogen-bond acceptors (Lipinski definition) is 3. The van der Waals surface area contributed by atoms with Gasteiger partial charge in [0.05, 0.1) is 14.1 Å². The van der Waals surface area contributed by atoms with E-state index in [-0.39, 0.29) is 5.92 Å². The van der Waals surface area contributed by atoms with Gasteiger partial charge in [0.25, 0.3) is 0 Å². The number of nitrogens with one attached hydrogen (secondary N) is 1. The third-order valence-electron chi connectivity index (χ3n) is 4.56.